The van der Waals surface area contributed by atoms with E-state index in [4.69, 9.17) is 11.6 Å². The van der Waals surface area contributed by atoms with Gasteiger partial charge < -0.3 is 15.3 Å². The molecule has 0 aliphatic carbocycles. The zero-order chi connectivity index (χ0) is 16.7. The quantitative estimate of drug-likeness (QED) is 0.649. The number of rotatable bonds is 3. The molecule has 1 fully saturated rings. The van der Waals surface area contributed by atoms with Gasteiger partial charge in [-0.15, -0.1) is 0 Å². The Labute approximate surface area is 137 Å². The number of allylic oxidation sites excluding steroid dienone is 1. The van der Waals surface area contributed by atoms with Gasteiger partial charge in [-0.25, -0.2) is 4.79 Å². The summed E-state index contributed by atoms with van der Waals surface area (Å²) < 4.78 is 0. The highest BCUT2D eigenvalue weighted by Crippen LogP contribution is 2.38. The van der Waals surface area contributed by atoms with Crippen molar-refractivity contribution >= 4 is 17.6 Å². The Morgan fingerprint density at radius 3 is 2.65 bits per heavy atom. The van der Waals surface area contributed by atoms with Crippen molar-refractivity contribution in [2.75, 3.05) is 6.54 Å². The molecule has 2 aliphatic rings. The molecular formula is C15H14ClN3O4. The lowest BCUT2D eigenvalue weighted by Gasteiger charge is -2.26. The molecule has 0 radical (unpaired) electrons. The zero-order valence-corrected chi connectivity index (χ0v) is 12.9. The number of halogens is 1. The van der Waals surface area contributed by atoms with Crippen molar-refractivity contribution in [3.8, 4) is 0 Å². The van der Waals surface area contributed by atoms with Crippen molar-refractivity contribution in [1.82, 2.24) is 10.2 Å². The van der Waals surface area contributed by atoms with Crippen LogP contribution < -0.4 is 5.32 Å². The summed E-state index contributed by atoms with van der Waals surface area (Å²) in [4.78, 5) is 24.2. The first-order valence-electron chi connectivity index (χ1n) is 7.01. The Hall–Kier alpha value is -2.54. The number of nitrogens with one attached hydrogen (secondary N) is 1. The Bertz CT molecular complexity index is 742. The minimum Gasteiger partial charge on any atom is -0.477 e. The van der Waals surface area contributed by atoms with Gasteiger partial charge in [-0.2, -0.15) is 0 Å². The third kappa shape index (κ3) is 2.63. The third-order valence-corrected chi connectivity index (χ3v) is 4.16. The predicted molar refractivity (Wildman–Crippen MR) is 83.2 cm³/mol. The number of benzene rings is 1. The molecule has 1 aromatic rings. The molecule has 0 saturated carbocycles. The lowest BCUT2D eigenvalue weighted by molar-refractivity contribution is -0.431. The SMILES string of the molecule is C[C@H]1CN2C(C(=O)O)=CC(c3ccc(Cl)cc3)C([N+](=O)[O-])=C2N1. The zero-order valence-electron chi connectivity index (χ0n) is 12.2. The monoisotopic (exact) mass is 335 g/mol. The highest BCUT2D eigenvalue weighted by molar-refractivity contribution is 6.30. The van der Waals surface area contributed by atoms with Crippen LogP contribution in [0.1, 0.15) is 18.4 Å². The largest absolute Gasteiger partial charge is 0.477 e. The van der Waals surface area contributed by atoms with Crippen LogP contribution in [0.3, 0.4) is 0 Å². The van der Waals surface area contributed by atoms with Gasteiger partial charge in [0.25, 0.3) is 5.70 Å². The maximum atomic E-state index is 11.6. The van der Waals surface area contributed by atoms with Crippen molar-refractivity contribution in [3.05, 3.63) is 68.3 Å². The Morgan fingerprint density at radius 1 is 1.43 bits per heavy atom. The summed E-state index contributed by atoms with van der Waals surface area (Å²) in [5, 5.41) is 24.6. The Balaban J connectivity index is 2.17. The van der Waals surface area contributed by atoms with E-state index in [0.717, 1.165) is 0 Å². The molecule has 0 aromatic heterocycles. The number of carboxylic acids is 1. The summed E-state index contributed by atoms with van der Waals surface area (Å²) in [5.74, 6) is -1.61. The lowest BCUT2D eigenvalue weighted by atomic mass is 9.92. The van der Waals surface area contributed by atoms with Crippen LogP contribution in [0.2, 0.25) is 5.02 Å². The molecule has 0 amide bonds. The molecule has 0 bridgehead atoms. The van der Waals surface area contributed by atoms with E-state index in [1.54, 1.807) is 24.3 Å². The standard InChI is InChI=1S/C15H14ClN3O4/c1-8-7-18-12(15(20)21)6-11(9-2-4-10(16)5-3-9)13(19(22)23)14(18)17-8/h2-6,8,11,17H,7H2,1H3,(H,20,21)/t8-,11?/m0/s1. The van der Waals surface area contributed by atoms with E-state index in [0.29, 0.717) is 17.1 Å². The molecule has 1 unspecified atom stereocenters. The number of aliphatic carboxylic acids is 1. The Morgan fingerprint density at radius 2 is 2.09 bits per heavy atom. The van der Waals surface area contributed by atoms with Crippen LogP contribution in [-0.2, 0) is 4.79 Å². The molecule has 8 heteroatoms. The van der Waals surface area contributed by atoms with Gasteiger partial charge in [0.1, 0.15) is 5.70 Å². The molecule has 120 valence electrons. The van der Waals surface area contributed by atoms with E-state index in [9.17, 15) is 20.0 Å². The number of nitrogens with zero attached hydrogens (tertiary/aromatic N) is 2. The predicted octanol–water partition coefficient (Wildman–Crippen LogP) is 2.15. The van der Waals surface area contributed by atoms with Gasteiger partial charge in [0.15, 0.2) is 5.82 Å². The fourth-order valence-corrected chi connectivity index (χ4v) is 3.06. The second-order valence-electron chi connectivity index (χ2n) is 5.53. The first-order chi connectivity index (χ1) is 10.9. The van der Waals surface area contributed by atoms with Crippen molar-refractivity contribution in [2.45, 2.75) is 18.9 Å². The second-order valence-corrected chi connectivity index (χ2v) is 5.97. The van der Waals surface area contributed by atoms with E-state index >= 15 is 0 Å². The van der Waals surface area contributed by atoms with E-state index in [2.05, 4.69) is 5.32 Å². The average molecular weight is 336 g/mol. The maximum absolute atomic E-state index is 11.6. The summed E-state index contributed by atoms with van der Waals surface area (Å²) in [5.41, 5.74) is 0.609. The molecule has 1 aromatic carbocycles. The number of nitro groups is 1. The van der Waals surface area contributed by atoms with Crippen molar-refractivity contribution in [1.29, 1.82) is 0 Å². The fraction of sp³-hybridized carbons (Fsp3) is 0.267. The first-order valence-corrected chi connectivity index (χ1v) is 7.39. The summed E-state index contributed by atoms with van der Waals surface area (Å²) in [6.07, 6.45) is 1.42. The molecule has 2 heterocycles. The fourth-order valence-electron chi connectivity index (χ4n) is 2.94. The van der Waals surface area contributed by atoms with E-state index in [1.165, 1.54) is 11.0 Å². The van der Waals surface area contributed by atoms with E-state index < -0.39 is 16.8 Å². The maximum Gasteiger partial charge on any atom is 0.352 e. The lowest BCUT2D eigenvalue weighted by Crippen LogP contribution is -2.33. The molecular weight excluding hydrogens is 322 g/mol. The molecule has 2 N–H and O–H groups in total. The third-order valence-electron chi connectivity index (χ3n) is 3.91. The van der Waals surface area contributed by atoms with Crippen LogP contribution in [0.25, 0.3) is 0 Å². The van der Waals surface area contributed by atoms with Crippen LogP contribution in [-0.4, -0.2) is 33.5 Å². The van der Waals surface area contributed by atoms with E-state index in [-0.39, 0.29) is 23.3 Å². The average Bonchev–Trinajstić information content (AvgIpc) is 2.86. The topological polar surface area (TPSA) is 95.7 Å². The summed E-state index contributed by atoms with van der Waals surface area (Å²) >= 11 is 5.86. The second kappa shape index (κ2) is 5.58. The highest BCUT2D eigenvalue weighted by Gasteiger charge is 2.43. The van der Waals surface area contributed by atoms with Crippen molar-refractivity contribution < 1.29 is 14.8 Å². The van der Waals surface area contributed by atoms with Crippen LogP contribution in [0.4, 0.5) is 0 Å². The van der Waals surface area contributed by atoms with Gasteiger partial charge in [-0.1, -0.05) is 23.7 Å². The van der Waals surface area contributed by atoms with Gasteiger partial charge in [-0.3, -0.25) is 10.1 Å². The summed E-state index contributed by atoms with van der Waals surface area (Å²) in [6.45, 7) is 2.22. The minimum absolute atomic E-state index is 0.0439. The van der Waals surface area contributed by atoms with Crippen molar-refractivity contribution in [3.63, 3.8) is 0 Å². The number of carboxylic acid groups (broad SMARTS) is 1. The molecule has 2 aliphatic heterocycles. The summed E-state index contributed by atoms with van der Waals surface area (Å²) in [7, 11) is 0. The molecule has 3 rings (SSSR count). The molecule has 1 saturated heterocycles. The normalized spacial score (nSPS) is 23.2. The van der Waals surface area contributed by atoms with E-state index in [1.807, 2.05) is 6.92 Å². The number of hydrogen-bond donors (Lipinski definition) is 2. The smallest absolute Gasteiger partial charge is 0.352 e. The molecule has 2 atom stereocenters. The van der Waals surface area contributed by atoms with Crippen LogP contribution in [0.5, 0.6) is 0 Å². The van der Waals surface area contributed by atoms with Gasteiger partial charge in [-0.05, 0) is 30.7 Å². The molecule has 23 heavy (non-hydrogen) atoms. The van der Waals surface area contributed by atoms with Gasteiger partial charge in [0, 0.05) is 17.6 Å². The minimum atomic E-state index is -1.11. The number of fused-ring (bicyclic) bond motifs is 1. The Kier molecular flexibility index (Phi) is 3.73. The molecule has 7 nitrogen and oxygen atoms in total. The van der Waals surface area contributed by atoms with Crippen LogP contribution >= 0.6 is 11.6 Å². The van der Waals surface area contributed by atoms with Crippen molar-refractivity contribution in [2.24, 2.45) is 0 Å². The molecule has 0 spiro atoms. The van der Waals surface area contributed by atoms with Gasteiger partial charge in [0.2, 0.25) is 0 Å². The number of carbonyl (C=O) groups is 1. The van der Waals surface area contributed by atoms with Crippen LogP contribution in [0, 0.1) is 10.1 Å². The van der Waals surface area contributed by atoms with Gasteiger partial charge in [0.05, 0.1) is 10.8 Å². The number of hydrogen-bond acceptors (Lipinski definition) is 5. The summed E-state index contributed by atoms with van der Waals surface area (Å²) in [6, 6.07) is 6.52. The van der Waals surface area contributed by atoms with Gasteiger partial charge >= 0.3 is 5.97 Å². The first kappa shape index (κ1) is 15.4. The van der Waals surface area contributed by atoms with Crippen LogP contribution in [0.15, 0.2) is 47.6 Å². The highest BCUT2D eigenvalue weighted by atomic mass is 35.5.